The van der Waals surface area contributed by atoms with Gasteiger partial charge in [0.15, 0.2) is 0 Å². The van der Waals surface area contributed by atoms with Gasteiger partial charge in [-0.25, -0.2) is 0 Å². The van der Waals surface area contributed by atoms with Gasteiger partial charge >= 0.3 is 0 Å². The van der Waals surface area contributed by atoms with Crippen LogP contribution in [0, 0.1) is 0 Å². The first-order valence-electron chi connectivity index (χ1n) is 8.78. The molecule has 1 fully saturated rings. The van der Waals surface area contributed by atoms with Crippen molar-refractivity contribution in [2.45, 2.75) is 31.3 Å². The van der Waals surface area contributed by atoms with E-state index in [2.05, 4.69) is 27.3 Å². The zero-order valence-electron chi connectivity index (χ0n) is 14.5. The van der Waals surface area contributed by atoms with Gasteiger partial charge in [0.05, 0.1) is 12.6 Å². The molecule has 0 saturated carbocycles. The molecule has 0 aliphatic carbocycles. The number of fused-ring (bicyclic) bond motifs is 1. The molecule has 1 saturated heterocycles. The van der Waals surface area contributed by atoms with E-state index in [0.717, 1.165) is 55.8 Å². The average Bonchev–Trinajstić information content (AvgIpc) is 2.96. The van der Waals surface area contributed by atoms with Crippen molar-refractivity contribution < 1.29 is 9.53 Å². The summed E-state index contributed by atoms with van der Waals surface area (Å²) in [6.45, 7) is 2.80. The summed E-state index contributed by atoms with van der Waals surface area (Å²) in [5, 5.41) is 3.33. The van der Waals surface area contributed by atoms with Crippen LogP contribution in [0.15, 0.2) is 42.7 Å². The topological polar surface area (TPSA) is 54.5 Å². The van der Waals surface area contributed by atoms with E-state index in [1.165, 1.54) is 5.56 Å². The summed E-state index contributed by atoms with van der Waals surface area (Å²) < 4.78 is 5.28. The lowest BCUT2D eigenvalue weighted by atomic mass is 9.91. The Bertz CT molecular complexity index is 778. The van der Waals surface area contributed by atoms with Gasteiger partial charge in [-0.3, -0.25) is 14.7 Å². The molecule has 5 nitrogen and oxygen atoms in total. The summed E-state index contributed by atoms with van der Waals surface area (Å²) in [4.78, 5) is 19.3. The maximum absolute atomic E-state index is 12.8. The molecule has 4 rings (SSSR count). The molecule has 0 radical (unpaired) electrons. The van der Waals surface area contributed by atoms with Crippen LogP contribution in [0.5, 0.6) is 5.75 Å². The fourth-order valence-electron chi connectivity index (χ4n) is 4.00. The standard InChI is InChI=1S/C20H23N3O2/c1-25-17-3-2-16-4-7-20(22-19(24)18(16)12-17)8-11-23(14-20)13-15-5-9-21-10-6-15/h2-3,5-6,9-10,12H,4,7-8,11,13-14H2,1H3,(H,22,24)/t20-/m1/s1. The van der Waals surface area contributed by atoms with Crippen molar-refractivity contribution in [3.8, 4) is 5.75 Å². The van der Waals surface area contributed by atoms with Crippen LogP contribution in [-0.2, 0) is 13.0 Å². The summed E-state index contributed by atoms with van der Waals surface area (Å²) in [7, 11) is 1.63. The lowest BCUT2D eigenvalue weighted by Gasteiger charge is -2.29. The zero-order valence-corrected chi connectivity index (χ0v) is 14.5. The van der Waals surface area contributed by atoms with Crippen LogP contribution >= 0.6 is 0 Å². The first-order valence-corrected chi connectivity index (χ1v) is 8.78. The first kappa shape index (κ1) is 16.1. The molecule has 2 aromatic rings. The Kier molecular flexibility index (Phi) is 4.17. The normalized spacial score (nSPS) is 23.2. The number of nitrogens with one attached hydrogen (secondary N) is 1. The average molecular weight is 337 g/mol. The Hall–Kier alpha value is -2.40. The molecule has 1 amide bonds. The summed E-state index contributed by atoms with van der Waals surface area (Å²) in [5.41, 5.74) is 3.00. The third-order valence-corrected chi connectivity index (χ3v) is 5.40. The van der Waals surface area contributed by atoms with Crippen molar-refractivity contribution in [2.75, 3.05) is 20.2 Å². The number of hydrogen-bond acceptors (Lipinski definition) is 4. The first-order chi connectivity index (χ1) is 12.2. The van der Waals surface area contributed by atoms with Crippen LogP contribution in [0.1, 0.15) is 34.3 Å². The van der Waals surface area contributed by atoms with E-state index in [1.54, 1.807) is 7.11 Å². The molecule has 1 aromatic heterocycles. The van der Waals surface area contributed by atoms with Crippen LogP contribution in [0.3, 0.4) is 0 Å². The molecule has 5 heteroatoms. The second kappa shape index (κ2) is 6.48. The molecule has 2 aliphatic heterocycles. The van der Waals surface area contributed by atoms with E-state index in [0.29, 0.717) is 0 Å². The summed E-state index contributed by atoms with van der Waals surface area (Å²) in [6.07, 6.45) is 6.55. The predicted octanol–water partition coefficient (Wildman–Crippen LogP) is 2.41. The molecule has 1 N–H and O–H groups in total. The molecular formula is C20H23N3O2. The lowest BCUT2D eigenvalue weighted by Crippen LogP contribution is -2.49. The van der Waals surface area contributed by atoms with Gasteiger partial charge in [0, 0.05) is 37.6 Å². The van der Waals surface area contributed by atoms with E-state index in [9.17, 15) is 4.79 Å². The van der Waals surface area contributed by atoms with Crippen molar-refractivity contribution in [1.29, 1.82) is 0 Å². The van der Waals surface area contributed by atoms with Crippen molar-refractivity contribution in [1.82, 2.24) is 15.2 Å². The van der Waals surface area contributed by atoms with Gasteiger partial charge in [-0.05, 0) is 54.7 Å². The Labute approximate surface area is 148 Å². The van der Waals surface area contributed by atoms with Crippen molar-refractivity contribution in [2.24, 2.45) is 0 Å². The van der Waals surface area contributed by atoms with Gasteiger partial charge in [0.2, 0.25) is 0 Å². The molecule has 0 unspecified atom stereocenters. The monoisotopic (exact) mass is 337 g/mol. The number of amides is 1. The fourth-order valence-corrected chi connectivity index (χ4v) is 4.00. The SMILES string of the molecule is COc1ccc2c(c1)C(=O)N[C@]1(CC2)CCN(Cc2ccncc2)C1. The number of pyridine rings is 1. The van der Waals surface area contributed by atoms with Crippen LogP contribution in [-0.4, -0.2) is 41.5 Å². The van der Waals surface area contributed by atoms with E-state index in [4.69, 9.17) is 4.74 Å². The van der Waals surface area contributed by atoms with Crippen LogP contribution in [0.2, 0.25) is 0 Å². The quantitative estimate of drug-likeness (QED) is 0.934. The maximum atomic E-state index is 12.8. The number of aromatic nitrogens is 1. The second-order valence-electron chi connectivity index (χ2n) is 7.07. The largest absolute Gasteiger partial charge is 0.497 e. The van der Waals surface area contributed by atoms with E-state index in [1.807, 2.05) is 30.6 Å². The van der Waals surface area contributed by atoms with Gasteiger partial charge in [-0.2, -0.15) is 0 Å². The van der Waals surface area contributed by atoms with Gasteiger partial charge < -0.3 is 10.1 Å². The zero-order chi connectivity index (χ0) is 17.3. The molecule has 25 heavy (non-hydrogen) atoms. The molecule has 1 atom stereocenters. The minimum Gasteiger partial charge on any atom is -0.497 e. The van der Waals surface area contributed by atoms with Gasteiger partial charge in [-0.15, -0.1) is 0 Å². The Morgan fingerprint density at radius 3 is 2.88 bits per heavy atom. The molecule has 2 aliphatic rings. The molecule has 1 aromatic carbocycles. The number of hydrogen-bond donors (Lipinski definition) is 1. The van der Waals surface area contributed by atoms with E-state index >= 15 is 0 Å². The predicted molar refractivity (Wildman–Crippen MR) is 95.6 cm³/mol. The number of benzene rings is 1. The highest BCUT2D eigenvalue weighted by molar-refractivity contribution is 5.97. The number of carbonyl (C=O) groups excluding carboxylic acids is 1. The van der Waals surface area contributed by atoms with Gasteiger partial charge in [0.1, 0.15) is 5.75 Å². The molecular weight excluding hydrogens is 314 g/mol. The van der Waals surface area contributed by atoms with Gasteiger partial charge in [0.25, 0.3) is 5.91 Å². The number of rotatable bonds is 3. The fraction of sp³-hybridized carbons (Fsp3) is 0.400. The summed E-state index contributed by atoms with van der Waals surface area (Å²) >= 11 is 0. The van der Waals surface area contributed by atoms with Crippen LogP contribution in [0.25, 0.3) is 0 Å². The highest BCUT2D eigenvalue weighted by Crippen LogP contribution is 2.32. The lowest BCUT2D eigenvalue weighted by molar-refractivity contribution is 0.0901. The number of likely N-dealkylation sites (tertiary alicyclic amines) is 1. The number of ether oxygens (including phenoxy) is 1. The van der Waals surface area contributed by atoms with Crippen LogP contribution < -0.4 is 10.1 Å². The van der Waals surface area contributed by atoms with Gasteiger partial charge in [-0.1, -0.05) is 6.07 Å². The maximum Gasteiger partial charge on any atom is 0.252 e. The third kappa shape index (κ3) is 3.24. The summed E-state index contributed by atoms with van der Waals surface area (Å²) in [6, 6.07) is 9.93. The number of aryl methyl sites for hydroxylation is 1. The molecule has 3 heterocycles. The highest BCUT2D eigenvalue weighted by Gasteiger charge is 2.41. The summed E-state index contributed by atoms with van der Waals surface area (Å²) in [5.74, 6) is 0.757. The third-order valence-electron chi connectivity index (χ3n) is 5.40. The Balaban J connectivity index is 1.50. The number of carbonyl (C=O) groups is 1. The van der Waals surface area contributed by atoms with Crippen molar-refractivity contribution in [3.05, 3.63) is 59.4 Å². The van der Waals surface area contributed by atoms with E-state index in [-0.39, 0.29) is 11.4 Å². The van der Waals surface area contributed by atoms with E-state index < -0.39 is 0 Å². The Morgan fingerprint density at radius 1 is 1.24 bits per heavy atom. The highest BCUT2D eigenvalue weighted by atomic mass is 16.5. The molecule has 0 bridgehead atoms. The smallest absolute Gasteiger partial charge is 0.252 e. The van der Waals surface area contributed by atoms with Crippen molar-refractivity contribution >= 4 is 5.91 Å². The number of nitrogens with zero attached hydrogens (tertiary/aromatic N) is 2. The minimum absolute atomic E-state index is 0.0251. The number of methoxy groups -OCH3 is 1. The second-order valence-corrected chi connectivity index (χ2v) is 7.07. The molecule has 130 valence electrons. The molecule has 1 spiro atoms. The van der Waals surface area contributed by atoms with Crippen LogP contribution in [0.4, 0.5) is 0 Å². The van der Waals surface area contributed by atoms with Crippen molar-refractivity contribution in [3.63, 3.8) is 0 Å². The minimum atomic E-state index is -0.129. The Morgan fingerprint density at radius 2 is 2.08 bits per heavy atom.